The zero-order valence-electron chi connectivity index (χ0n) is 16.4. The van der Waals surface area contributed by atoms with Crippen LogP contribution in [0.25, 0.3) is 17.1 Å². The van der Waals surface area contributed by atoms with Gasteiger partial charge in [0.1, 0.15) is 5.82 Å². The monoisotopic (exact) mass is 420 g/mol. The minimum absolute atomic E-state index is 0.00394. The number of hydrogen-bond donors (Lipinski definition) is 1. The van der Waals surface area contributed by atoms with Gasteiger partial charge >= 0.3 is 0 Å². The molecule has 1 heterocycles. The molecular formula is C23H18ClFN4O. The second kappa shape index (κ2) is 8.08. The number of benzene rings is 3. The molecule has 0 saturated heterocycles. The number of carbonyl (C=O) groups excluding carboxylic acids is 1. The zero-order valence-corrected chi connectivity index (χ0v) is 17.1. The van der Waals surface area contributed by atoms with Gasteiger partial charge in [-0.05, 0) is 74.0 Å². The van der Waals surface area contributed by atoms with Gasteiger partial charge in [-0.3, -0.25) is 4.79 Å². The molecule has 30 heavy (non-hydrogen) atoms. The van der Waals surface area contributed by atoms with Gasteiger partial charge in [0.15, 0.2) is 5.82 Å². The lowest BCUT2D eigenvalue weighted by Gasteiger charge is -2.09. The summed E-state index contributed by atoms with van der Waals surface area (Å²) in [7, 11) is 0. The maximum Gasteiger partial charge on any atom is 0.295 e. The molecule has 3 aromatic carbocycles. The number of rotatable bonds is 4. The summed E-state index contributed by atoms with van der Waals surface area (Å²) in [4.78, 5) is 17.2. The van der Waals surface area contributed by atoms with Crippen LogP contribution in [0.2, 0.25) is 5.02 Å². The number of halogens is 2. The second-order valence-corrected chi connectivity index (χ2v) is 7.37. The number of aryl methyl sites for hydroxylation is 2. The number of anilines is 1. The maximum atomic E-state index is 13.4. The van der Waals surface area contributed by atoms with Crippen molar-refractivity contribution in [2.45, 2.75) is 13.8 Å². The highest BCUT2D eigenvalue weighted by Gasteiger charge is 2.20. The number of hydrogen-bond acceptors (Lipinski definition) is 3. The molecule has 1 aromatic heterocycles. The van der Waals surface area contributed by atoms with Crippen LogP contribution in [-0.2, 0) is 0 Å². The third kappa shape index (κ3) is 4.09. The van der Waals surface area contributed by atoms with E-state index in [0.717, 1.165) is 16.8 Å². The van der Waals surface area contributed by atoms with Crippen LogP contribution in [0, 0.1) is 19.7 Å². The van der Waals surface area contributed by atoms with Crippen molar-refractivity contribution >= 4 is 23.2 Å². The highest BCUT2D eigenvalue weighted by molar-refractivity contribution is 6.30. The lowest BCUT2D eigenvalue weighted by atomic mass is 10.1. The Hall–Kier alpha value is -3.51. The van der Waals surface area contributed by atoms with Crippen LogP contribution in [0.5, 0.6) is 0 Å². The maximum absolute atomic E-state index is 13.4. The number of nitrogens with zero attached hydrogens (tertiary/aromatic N) is 3. The minimum atomic E-state index is -0.454. The summed E-state index contributed by atoms with van der Waals surface area (Å²) in [5.41, 5.74) is 4.11. The van der Waals surface area contributed by atoms with Crippen LogP contribution < -0.4 is 5.32 Å². The summed E-state index contributed by atoms with van der Waals surface area (Å²) < 4.78 is 15.0. The Morgan fingerprint density at radius 2 is 1.70 bits per heavy atom. The Kier molecular flexibility index (Phi) is 5.33. The van der Waals surface area contributed by atoms with Gasteiger partial charge in [0.25, 0.3) is 5.91 Å². The van der Waals surface area contributed by atoms with Crippen molar-refractivity contribution in [3.63, 3.8) is 0 Å². The standard InChI is InChI=1S/C23H18ClFN4O/c1-14-3-12-20(15(2)13-14)29-22(16-4-8-18(25)9-5-16)27-21(28-29)23(30)26-19-10-6-17(24)7-11-19/h3-13H,1-2H3,(H,26,30). The molecule has 4 aromatic rings. The Morgan fingerprint density at radius 1 is 1.00 bits per heavy atom. The summed E-state index contributed by atoms with van der Waals surface area (Å²) in [6, 6.07) is 18.6. The van der Waals surface area contributed by atoms with E-state index in [1.807, 2.05) is 32.0 Å². The molecule has 1 N–H and O–H groups in total. The molecular weight excluding hydrogens is 403 g/mol. The third-order valence-corrected chi connectivity index (χ3v) is 4.85. The van der Waals surface area contributed by atoms with Gasteiger partial charge in [0.05, 0.1) is 5.69 Å². The van der Waals surface area contributed by atoms with Crippen molar-refractivity contribution in [3.8, 4) is 17.1 Å². The van der Waals surface area contributed by atoms with E-state index >= 15 is 0 Å². The SMILES string of the molecule is Cc1ccc(-n2nc(C(=O)Nc3ccc(Cl)cc3)nc2-c2ccc(F)cc2)c(C)c1. The normalized spacial score (nSPS) is 10.8. The molecule has 0 aliphatic rings. The first-order valence-electron chi connectivity index (χ1n) is 9.28. The third-order valence-electron chi connectivity index (χ3n) is 4.60. The molecule has 4 rings (SSSR count). The van der Waals surface area contributed by atoms with Gasteiger partial charge in [-0.25, -0.2) is 14.1 Å². The van der Waals surface area contributed by atoms with E-state index in [-0.39, 0.29) is 11.6 Å². The Bertz CT molecular complexity index is 1220. The molecule has 7 heteroatoms. The van der Waals surface area contributed by atoms with Crippen molar-refractivity contribution in [1.82, 2.24) is 14.8 Å². The molecule has 0 aliphatic heterocycles. The van der Waals surface area contributed by atoms with Crippen LogP contribution in [-0.4, -0.2) is 20.7 Å². The molecule has 0 saturated carbocycles. The minimum Gasteiger partial charge on any atom is -0.319 e. The van der Waals surface area contributed by atoms with Gasteiger partial charge in [-0.1, -0.05) is 29.3 Å². The summed E-state index contributed by atoms with van der Waals surface area (Å²) in [6.45, 7) is 3.97. The average molecular weight is 421 g/mol. The molecule has 0 aliphatic carbocycles. The molecule has 0 radical (unpaired) electrons. The number of amides is 1. The first kappa shape index (κ1) is 19.8. The summed E-state index contributed by atoms with van der Waals surface area (Å²) >= 11 is 5.89. The van der Waals surface area contributed by atoms with Crippen LogP contribution in [0.3, 0.4) is 0 Å². The fraction of sp³-hybridized carbons (Fsp3) is 0.0870. The molecule has 0 fully saturated rings. The lowest BCUT2D eigenvalue weighted by Crippen LogP contribution is -2.14. The molecule has 0 atom stereocenters. The average Bonchev–Trinajstić information content (AvgIpc) is 3.15. The number of nitrogens with one attached hydrogen (secondary N) is 1. The van der Waals surface area contributed by atoms with Gasteiger partial charge in [-0.2, -0.15) is 0 Å². The summed E-state index contributed by atoms with van der Waals surface area (Å²) in [6.07, 6.45) is 0. The number of aromatic nitrogens is 3. The Labute approximate surface area is 178 Å². The molecule has 150 valence electrons. The first-order chi connectivity index (χ1) is 14.4. The predicted molar refractivity (Wildman–Crippen MR) is 116 cm³/mol. The van der Waals surface area contributed by atoms with E-state index in [0.29, 0.717) is 22.1 Å². The van der Waals surface area contributed by atoms with Gasteiger partial charge < -0.3 is 5.32 Å². The molecule has 0 unspecified atom stereocenters. The highest BCUT2D eigenvalue weighted by atomic mass is 35.5. The van der Waals surface area contributed by atoms with Crippen LogP contribution in [0.1, 0.15) is 21.7 Å². The Balaban J connectivity index is 1.78. The zero-order chi connectivity index (χ0) is 21.3. The van der Waals surface area contributed by atoms with Crippen molar-refractivity contribution in [3.05, 3.63) is 94.5 Å². The summed E-state index contributed by atoms with van der Waals surface area (Å²) in [5, 5.41) is 7.80. The molecule has 5 nitrogen and oxygen atoms in total. The van der Waals surface area contributed by atoms with Crippen molar-refractivity contribution in [1.29, 1.82) is 0 Å². The molecule has 0 bridgehead atoms. The van der Waals surface area contributed by atoms with E-state index in [4.69, 9.17) is 11.6 Å². The van der Waals surface area contributed by atoms with Gasteiger partial charge in [0.2, 0.25) is 5.82 Å². The van der Waals surface area contributed by atoms with Crippen molar-refractivity contribution in [2.24, 2.45) is 0 Å². The van der Waals surface area contributed by atoms with E-state index in [2.05, 4.69) is 15.4 Å². The smallest absolute Gasteiger partial charge is 0.295 e. The van der Waals surface area contributed by atoms with E-state index in [1.54, 1.807) is 41.1 Å². The van der Waals surface area contributed by atoms with Crippen LogP contribution in [0.15, 0.2) is 66.7 Å². The molecule has 1 amide bonds. The number of carbonyl (C=O) groups is 1. The van der Waals surface area contributed by atoms with Crippen molar-refractivity contribution < 1.29 is 9.18 Å². The topological polar surface area (TPSA) is 59.8 Å². The fourth-order valence-electron chi connectivity index (χ4n) is 3.13. The summed E-state index contributed by atoms with van der Waals surface area (Å²) in [5.74, 6) is -0.353. The predicted octanol–water partition coefficient (Wildman–Crippen LogP) is 5.60. The lowest BCUT2D eigenvalue weighted by molar-refractivity contribution is 0.101. The Morgan fingerprint density at radius 3 is 2.37 bits per heavy atom. The van der Waals surface area contributed by atoms with Gasteiger partial charge in [-0.15, -0.1) is 5.10 Å². The second-order valence-electron chi connectivity index (χ2n) is 6.93. The van der Waals surface area contributed by atoms with Crippen LogP contribution >= 0.6 is 11.6 Å². The first-order valence-corrected chi connectivity index (χ1v) is 9.66. The van der Waals surface area contributed by atoms with Crippen LogP contribution in [0.4, 0.5) is 10.1 Å². The highest BCUT2D eigenvalue weighted by Crippen LogP contribution is 2.24. The van der Waals surface area contributed by atoms with E-state index < -0.39 is 5.91 Å². The molecule has 0 spiro atoms. The fourth-order valence-corrected chi connectivity index (χ4v) is 3.25. The van der Waals surface area contributed by atoms with Gasteiger partial charge in [0, 0.05) is 16.3 Å². The van der Waals surface area contributed by atoms with E-state index in [1.165, 1.54) is 12.1 Å². The van der Waals surface area contributed by atoms with Crippen molar-refractivity contribution in [2.75, 3.05) is 5.32 Å². The van der Waals surface area contributed by atoms with E-state index in [9.17, 15) is 9.18 Å². The largest absolute Gasteiger partial charge is 0.319 e. The quantitative estimate of drug-likeness (QED) is 0.467.